The van der Waals surface area contributed by atoms with Gasteiger partial charge in [-0.3, -0.25) is 4.68 Å². The first-order valence-electron chi connectivity index (χ1n) is 7.55. The lowest BCUT2D eigenvalue weighted by molar-refractivity contribution is 0.522. The molecule has 0 aliphatic rings. The number of nitrogens with zero attached hydrogens (tertiary/aromatic N) is 2. The van der Waals surface area contributed by atoms with E-state index in [-0.39, 0.29) is 0 Å². The van der Waals surface area contributed by atoms with Crippen LogP contribution >= 0.6 is 0 Å². The number of nitrogens with two attached hydrogens (primary N) is 1. The molecule has 0 saturated heterocycles. The Kier molecular flexibility index (Phi) is 7.02. The second-order valence-electron chi connectivity index (χ2n) is 4.90. The molecule has 1 heterocycles. The van der Waals surface area contributed by atoms with Gasteiger partial charge in [0.2, 0.25) is 0 Å². The zero-order valence-electron chi connectivity index (χ0n) is 12.3. The molecule has 3 nitrogen and oxygen atoms in total. The summed E-state index contributed by atoms with van der Waals surface area (Å²) in [5, 5.41) is 4.78. The highest BCUT2D eigenvalue weighted by Gasteiger charge is 2.14. The van der Waals surface area contributed by atoms with Crippen LogP contribution in [-0.4, -0.2) is 16.3 Å². The number of aryl methyl sites for hydroxylation is 2. The quantitative estimate of drug-likeness (QED) is 0.685. The molecule has 0 saturated carbocycles. The van der Waals surface area contributed by atoms with Gasteiger partial charge in [-0.2, -0.15) is 5.10 Å². The topological polar surface area (TPSA) is 43.8 Å². The van der Waals surface area contributed by atoms with Crippen LogP contribution in [0.5, 0.6) is 0 Å². The molecule has 2 N–H and O–H groups in total. The average Bonchev–Trinajstić information content (AvgIpc) is 2.72. The van der Waals surface area contributed by atoms with E-state index in [9.17, 15) is 0 Å². The van der Waals surface area contributed by atoms with Crippen LogP contribution in [0.2, 0.25) is 0 Å². The van der Waals surface area contributed by atoms with Gasteiger partial charge >= 0.3 is 0 Å². The lowest BCUT2D eigenvalue weighted by atomic mass is 10.1. The molecule has 1 rings (SSSR count). The predicted molar refractivity (Wildman–Crippen MR) is 77.9 cm³/mol. The van der Waals surface area contributed by atoms with Gasteiger partial charge in [0.15, 0.2) is 0 Å². The summed E-state index contributed by atoms with van der Waals surface area (Å²) in [4.78, 5) is 0. The number of rotatable bonds is 9. The Morgan fingerprint density at radius 3 is 2.39 bits per heavy atom. The van der Waals surface area contributed by atoms with Crippen molar-refractivity contribution in [3.63, 3.8) is 0 Å². The molecule has 18 heavy (non-hydrogen) atoms. The molecule has 0 atom stereocenters. The molecule has 0 fully saturated rings. The van der Waals surface area contributed by atoms with Crippen molar-refractivity contribution in [2.24, 2.45) is 5.73 Å². The van der Waals surface area contributed by atoms with Gasteiger partial charge in [0.1, 0.15) is 0 Å². The summed E-state index contributed by atoms with van der Waals surface area (Å²) in [6, 6.07) is 0. The first kappa shape index (κ1) is 15.2. The normalized spacial score (nSPS) is 11.1. The third-order valence-corrected chi connectivity index (χ3v) is 3.54. The van der Waals surface area contributed by atoms with Gasteiger partial charge in [-0.05, 0) is 37.8 Å². The Labute approximate surface area is 112 Å². The summed E-state index contributed by atoms with van der Waals surface area (Å²) in [6.07, 6.45) is 8.24. The molecule has 0 aliphatic carbocycles. The Morgan fingerprint density at radius 2 is 1.83 bits per heavy atom. The minimum Gasteiger partial charge on any atom is -0.330 e. The van der Waals surface area contributed by atoms with Crippen LogP contribution in [0.25, 0.3) is 0 Å². The van der Waals surface area contributed by atoms with E-state index in [1.54, 1.807) is 0 Å². The zero-order valence-corrected chi connectivity index (χ0v) is 12.3. The van der Waals surface area contributed by atoms with Crippen molar-refractivity contribution in [1.82, 2.24) is 9.78 Å². The van der Waals surface area contributed by atoms with E-state index in [2.05, 4.69) is 25.5 Å². The summed E-state index contributed by atoms with van der Waals surface area (Å²) in [5.74, 6) is 0. The Balaban J connectivity index is 2.76. The molecule has 0 unspecified atom stereocenters. The highest BCUT2D eigenvalue weighted by molar-refractivity contribution is 5.27. The summed E-state index contributed by atoms with van der Waals surface area (Å²) in [6.45, 7) is 8.45. The fourth-order valence-electron chi connectivity index (χ4n) is 2.57. The maximum absolute atomic E-state index is 5.72. The molecule has 1 aromatic heterocycles. The lowest BCUT2D eigenvalue weighted by Gasteiger charge is -2.07. The zero-order chi connectivity index (χ0) is 13.4. The Hall–Kier alpha value is -0.830. The first-order valence-corrected chi connectivity index (χ1v) is 7.55. The van der Waals surface area contributed by atoms with Gasteiger partial charge in [-0.25, -0.2) is 0 Å². The van der Waals surface area contributed by atoms with E-state index in [0.717, 1.165) is 32.4 Å². The van der Waals surface area contributed by atoms with Crippen molar-refractivity contribution in [2.75, 3.05) is 6.54 Å². The molecular formula is C15H29N3. The van der Waals surface area contributed by atoms with Gasteiger partial charge < -0.3 is 5.73 Å². The molecule has 0 bridgehead atoms. The third-order valence-electron chi connectivity index (χ3n) is 3.54. The van der Waals surface area contributed by atoms with Crippen molar-refractivity contribution < 1.29 is 0 Å². The van der Waals surface area contributed by atoms with E-state index in [1.807, 2.05) is 0 Å². The summed E-state index contributed by atoms with van der Waals surface area (Å²) >= 11 is 0. The summed E-state index contributed by atoms with van der Waals surface area (Å²) in [5.41, 5.74) is 9.80. The molecular weight excluding hydrogens is 222 g/mol. The molecule has 1 aromatic rings. The highest BCUT2D eigenvalue weighted by atomic mass is 15.3. The molecule has 0 radical (unpaired) electrons. The molecule has 0 spiro atoms. The molecule has 3 heteroatoms. The van der Waals surface area contributed by atoms with Crippen molar-refractivity contribution in [2.45, 2.75) is 72.3 Å². The Bertz CT molecular complexity index is 342. The third kappa shape index (κ3) is 3.84. The first-order chi connectivity index (χ1) is 8.78. The van der Waals surface area contributed by atoms with E-state index in [1.165, 1.54) is 42.6 Å². The number of aromatic nitrogens is 2. The van der Waals surface area contributed by atoms with E-state index in [4.69, 9.17) is 10.8 Å². The van der Waals surface area contributed by atoms with Gasteiger partial charge in [-0.1, -0.05) is 40.0 Å². The van der Waals surface area contributed by atoms with Gasteiger partial charge in [-0.15, -0.1) is 0 Å². The van der Waals surface area contributed by atoms with Gasteiger partial charge in [0, 0.05) is 12.2 Å². The number of unbranched alkanes of at least 4 members (excludes halogenated alkanes) is 3. The highest BCUT2D eigenvalue weighted by Crippen LogP contribution is 2.17. The largest absolute Gasteiger partial charge is 0.330 e. The van der Waals surface area contributed by atoms with E-state index in [0.29, 0.717) is 0 Å². The van der Waals surface area contributed by atoms with Crippen molar-refractivity contribution in [1.29, 1.82) is 0 Å². The molecule has 0 aliphatic heterocycles. The maximum Gasteiger partial charge on any atom is 0.0657 e. The molecule has 0 aromatic carbocycles. The van der Waals surface area contributed by atoms with Crippen LogP contribution in [0.1, 0.15) is 63.4 Å². The maximum atomic E-state index is 5.72. The second-order valence-corrected chi connectivity index (χ2v) is 4.90. The van der Waals surface area contributed by atoms with Crippen molar-refractivity contribution >= 4 is 0 Å². The monoisotopic (exact) mass is 251 g/mol. The van der Waals surface area contributed by atoms with Crippen molar-refractivity contribution in [3.8, 4) is 0 Å². The van der Waals surface area contributed by atoms with Crippen LogP contribution < -0.4 is 5.73 Å². The number of hydrogen-bond donors (Lipinski definition) is 1. The predicted octanol–water partition coefficient (Wildman–Crippen LogP) is 3.09. The SMILES string of the molecule is CCCCCCn1nc(CC)c(CCN)c1CC. The second kappa shape index (κ2) is 8.30. The van der Waals surface area contributed by atoms with Gasteiger partial charge in [0.05, 0.1) is 5.69 Å². The molecule has 0 amide bonds. The summed E-state index contributed by atoms with van der Waals surface area (Å²) < 4.78 is 2.24. The fourth-order valence-corrected chi connectivity index (χ4v) is 2.57. The molecule has 104 valence electrons. The van der Waals surface area contributed by atoms with Crippen LogP contribution in [-0.2, 0) is 25.8 Å². The minimum atomic E-state index is 0.724. The van der Waals surface area contributed by atoms with Crippen LogP contribution in [0, 0.1) is 0 Å². The van der Waals surface area contributed by atoms with E-state index >= 15 is 0 Å². The average molecular weight is 251 g/mol. The minimum absolute atomic E-state index is 0.724. The lowest BCUT2D eigenvalue weighted by Crippen LogP contribution is -2.08. The smallest absolute Gasteiger partial charge is 0.0657 e. The van der Waals surface area contributed by atoms with Crippen LogP contribution in [0.15, 0.2) is 0 Å². The van der Waals surface area contributed by atoms with Crippen LogP contribution in [0.4, 0.5) is 0 Å². The standard InChI is InChI=1S/C15H29N3/c1-4-7-8-9-12-18-15(6-3)13(10-11-16)14(5-2)17-18/h4-12,16H2,1-3H3. The van der Waals surface area contributed by atoms with E-state index < -0.39 is 0 Å². The Morgan fingerprint density at radius 1 is 1.06 bits per heavy atom. The van der Waals surface area contributed by atoms with Gasteiger partial charge in [0.25, 0.3) is 0 Å². The summed E-state index contributed by atoms with van der Waals surface area (Å²) in [7, 11) is 0. The fraction of sp³-hybridized carbons (Fsp3) is 0.800. The number of hydrogen-bond acceptors (Lipinski definition) is 2. The van der Waals surface area contributed by atoms with Crippen molar-refractivity contribution in [3.05, 3.63) is 17.0 Å². The van der Waals surface area contributed by atoms with Crippen LogP contribution in [0.3, 0.4) is 0 Å².